The standard InChI is InChI=1S/C8H10O3.C6H10O3/c1-11-8-4-6(5-9)2-3-7(8)10;1(5-3-8-5)7-2-6-4-9-6/h2-4,9-10H,5H2,1H3;5-6H,1-4H2. The number of hydrogen-bond acceptors (Lipinski definition) is 6. The number of ether oxygens (including phenoxy) is 4. The van der Waals surface area contributed by atoms with Gasteiger partial charge in [-0.3, -0.25) is 0 Å². The Hall–Kier alpha value is -1.34. The van der Waals surface area contributed by atoms with Gasteiger partial charge in [0.25, 0.3) is 0 Å². The van der Waals surface area contributed by atoms with Gasteiger partial charge in [-0.15, -0.1) is 0 Å². The van der Waals surface area contributed by atoms with E-state index in [2.05, 4.69) is 0 Å². The van der Waals surface area contributed by atoms with E-state index in [-0.39, 0.29) is 12.4 Å². The first-order valence-corrected chi connectivity index (χ1v) is 6.50. The molecule has 2 saturated heterocycles. The molecule has 0 aliphatic carbocycles. The number of aliphatic hydroxyl groups excluding tert-OH is 1. The lowest BCUT2D eigenvalue weighted by Crippen LogP contribution is -2.06. The summed E-state index contributed by atoms with van der Waals surface area (Å²) in [6, 6.07) is 4.72. The minimum atomic E-state index is -0.0450. The van der Waals surface area contributed by atoms with Crippen LogP contribution >= 0.6 is 0 Å². The molecule has 2 N–H and O–H groups in total. The van der Waals surface area contributed by atoms with Crippen LogP contribution in [0.4, 0.5) is 0 Å². The quantitative estimate of drug-likeness (QED) is 0.748. The van der Waals surface area contributed by atoms with Gasteiger partial charge in [-0.1, -0.05) is 6.07 Å². The van der Waals surface area contributed by atoms with Gasteiger partial charge in [0.1, 0.15) is 12.2 Å². The lowest BCUT2D eigenvalue weighted by molar-refractivity contribution is 0.102. The van der Waals surface area contributed by atoms with Crippen LogP contribution < -0.4 is 4.74 Å². The van der Waals surface area contributed by atoms with Crippen LogP contribution in [-0.2, 0) is 20.8 Å². The number of phenolic OH excluding ortho intramolecular Hbond substituents is 1. The van der Waals surface area contributed by atoms with Crippen molar-refractivity contribution in [3.05, 3.63) is 23.8 Å². The number of aromatic hydroxyl groups is 1. The van der Waals surface area contributed by atoms with Gasteiger partial charge < -0.3 is 29.2 Å². The van der Waals surface area contributed by atoms with Crippen molar-refractivity contribution in [1.82, 2.24) is 0 Å². The third-order valence-electron chi connectivity index (χ3n) is 2.84. The lowest BCUT2D eigenvalue weighted by atomic mass is 10.2. The van der Waals surface area contributed by atoms with Crippen molar-refractivity contribution in [1.29, 1.82) is 0 Å². The topological polar surface area (TPSA) is 84.0 Å². The van der Waals surface area contributed by atoms with E-state index in [0.717, 1.165) is 32.0 Å². The Morgan fingerprint density at radius 1 is 1.20 bits per heavy atom. The van der Waals surface area contributed by atoms with Crippen LogP contribution in [0, 0.1) is 0 Å². The Morgan fingerprint density at radius 3 is 2.25 bits per heavy atom. The SMILES string of the molecule is C(OCC1CO1)C1CO1.COc1cc(CO)ccc1O. The first-order chi connectivity index (χ1) is 9.72. The fourth-order valence-electron chi connectivity index (χ4n) is 1.48. The molecular weight excluding hydrogens is 264 g/mol. The molecule has 20 heavy (non-hydrogen) atoms. The molecule has 0 aromatic heterocycles. The highest BCUT2D eigenvalue weighted by atomic mass is 16.6. The molecule has 2 aliphatic heterocycles. The number of aliphatic hydroxyl groups is 1. The van der Waals surface area contributed by atoms with Gasteiger partial charge in [-0.05, 0) is 17.7 Å². The number of phenols is 1. The van der Waals surface area contributed by atoms with E-state index in [4.69, 9.17) is 29.2 Å². The van der Waals surface area contributed by atoms with Crippen molar-refractivity contribution in [3.8, 4) is 11.5 Å². The molecule has 0 bridgehead atoms. The van der Waals surface area contributed by atoms with Crippen molar-refractivity contribution in [2.75, 3.05) is 33.5 Å². The molecule has 6 heteroatoms. The molecule has 0 amide bonds. The largest absolute Gasteiger partial charge is 0.504 e. The van der Waals surface area contributed by atoms with Gasteiger partial charge in [0.05, 0.1) is 40.1 Å². The van der Waals surface area contributed by atoms with E-state index >= 15 is 0 Å². The second-order valence-electron chi connectivity index (χ2n) is 4.61. The van der Waals surface area contributed by atoms with Crippen molar-refractivity contribution < 1.29 is 29.2 Å². The van der Waals surface area contributed by atoms with Gasteiger partial charge in [0, 0.05) is 0 Å². The second-order valence-corrected chi connectivity index (χ2v) is 4.61. The first-order valence-electron chi connectivity index (χ1n) is 6.50. The maximum absolute atomic E-state index is 9.12. The molecule has 0 radical (unpaired) electrons. The Kier molecular flexibility index (Phi) is 5.60. The summed E-state index contributed by atoms with van der Waals surface area (Å²) >= 11 is 0. The number of benzene rings is 1. The van der Waals surface area contributed by atoms with Crippen molar-refractivity contribution in [3.63, 3.8) is 0 Å². The molecule has 2 unspecified atom stereocenters. The van der Waals surface area contributed by atoms with Gasteiger partial charge in [0.15, 0.2) is 11.5 Å². The van der Waals surface area contributed by atoms with Gasteiger partial charge >= 0.3 is 0 Å². The minimum absolute atomic E-state index is 0.0450. The predicted molar refractivity (Wildman–Crippen MR) is 70.9 cm³/mol. The van der Waals surface area contributed by atoms with Crippen LogP contribution in [-0.4, -0.2) is 56.0 Å². The van der Waals surface area contributed by atoms with Crippen molar-refractivity contribution >= 4 is 0 Å². The molecule has 0 spiro atoms. The smallest absolute Gasteiger partial charge is 0.160 e. The number of hydrogen-bond donors (Lipinski definition) is 2. The number of methoxy groups -OCH3 is 1. The molecule has 1 aromatic carbocycles. The highest BCUT2D eigenvalue weighted by Crippen LogP contribution is 2.25. The van der Waals surface area contributed by atoms with Crippen molar-refractivity contribution in [2.45, 2.75) is 18.8 Å². The van der Waals surface area contributed by atoms with E-state index in [1.165, 1.54) is 13.2 Å². The van der Waals surface area contributed by atoms with E-state index in [0.29, 0.717) is 18.0 Å². The molecule has 2 fully saturated rings. The van der Waals surface area contributed by atoms with Crippen LogP contribution in [0.25, 0.3) is 0 Å². The number of rotatable bonds is 6. The second kappa shape index (κ2) is 7.44. The van der Waals surface area contributed by atoms with Gasteiger partial charge in [-0.25, -0.2) is 0 Å². The van der Waals surface area contributed by atoms with Gasteiger partial charge in [0.2, 0.25) is 0 Å². The number of epoxide rings is 2. The molecule has 1 aromatic rings. The van der Waals surface area contributed by atoms with E-state index in [1.54, 1.807) is 12.1 Å². The zero-order valence-corrected chi connectivity index (χ0v) is 11.4. The van der Waals surface area contributed by atoms with Crippen LogP contribution in [0.5, 0.6) is 11.5 Å². The molecule has 2 aliphatic rings. The Balaban J connectivity index is 0.000000149. The third kappa shape index (κ3) is 5.34. The van der Waals surface area contributed by atoms with Crippen LogP contribution in [0.2, 0.25) is 0 Å². The van der Waals surface area contributed by atoms with Crippen LogP contribution in [0.3, 0.4) is 0 Å². The average molecular weight is 284 g/mol. The van der Waals surface area contributed by atoms with Crippen molar-refractivity contribution in [2.24, 2.45) is 0 Å². The molecule has 2 atom stereocenters. The zero-order valence-electron chi connectivity index (χ0n) is 11.4. The van der Waals surface area contributed by atoms with E-state index < -0.39 is 0 Å². The van der Waals surface area contributed by atoms with Gasteiger partial charge in [-0.2, -0.15) is 0 Å². The van der Waals surface area contributed by atoms with Crippen LogP contribution in [0.1, 0.15) is 5.56 Å². The average Bonchev–Trinajstić information content (AvgIpc) is 3.35. The predicted octanol–water partition coefficient (Wildman–Crippen LogP) is 0.694. The maximum Gasteiger partial charge on any atom is 0.160 e. The molecule has 3 rings (SSSR count). The summed E-state index contributed by atoms with van der Waals surface area (Å²) in [6.45, 7) is 3.22. The summed E-state index contributed by atoms with van der Waals surface area (Å²) in [6.07, 6.45) is 0.785. The Bertz CT molecular complexity index is 402. The van der Waals surface area contributed by atoms with Crippen LogP contribution in [0.15, 0.2) is 18.2 Å². The lowest BCUT2D eigenvalue weighted by Gasteiger charge is -2.03. The molecule has 6 nitrogen and oxygen atoms in total. The summed E-state index contributed by atoms with van der Waals surface area (Å²) in [5.41, 5.74) is 0.722. The highest BCUT2D eigenvalue weighted by molar-refractivity contribution is 5.41. The fourth-order valence-corrected chi connectivity index (χ4v) is 1.48. The minimum Gasteiger partial charge on any atom is -0.504 e. The Labute approximate surface area is 117 Å². The third-order valence-corrected chi connectivity index (χ3v) is 2.84. The van der Waals surface area contributed by atoms with E-state index in [9.17, 15) is 0 Å². The molecule has 2 heterocycles. The van der Waals surface area contributed by atoms with E-state index in [1.807, 2.05) is 0 Å². The molecular formula is C14H20O6. The molecule has 112 valence electrons. The summed E-state index contributed by atoms with van der Waals surface area (Å²) in [5, 5.41) is 17.8. The Morgan fingerprint density at radius 2 is 1.80 bits per heavy atom. The normalized spacial score (nSPS) is 22.7. The zero-order chi connectivity index (χ0) is 14.4. The first kappa shape index (κ1) is 15.1. The highest BCUT2D eigenvalue weighted by Gasteiger charge is 2.26. The summed E-state index contributed by atoms with van der Waals surface area (Å²) in [4.78, 5) is 0. The fraction of sp³-hybridized carbons (Fsp3) is 0.571. The summed E-state index contributed by atoms with van der Waals surface area (Å²) in [5.74, 6) is 0.473. The molecule has 0 saturated carbocycles. The summed E-state index contributed by atoms with van der Waals surface area (Å²) in [7, 11) is 1.47. The maximum atomic E-state index is 9.12. The summed E-state index contributed by atoms with van der Waals surface area (Å²) < 4.78 is 19.9. The monoisotopic (exact) mass is 284 g/mol.